The molecule has 0 saturated heterocycles. The lowest BCUT2D eigenvalue weighted by molar-refractivity contribution is -0.118. The predicted octanol–water partition coefficient (Wildman–Crippen LogP) is 4.94. The minimum Gasteiger partial charge on any atom is -0.289 e. The van der Waals surface area contributed by atoms with Crippen LogP contribution in [0.15, 0.2) is 44.6 Å². The highest BCUT2D eigenvalue weighted by molar-refractivity contribution is 6.35. The molecule has 0 aromatic carbocycles. The van der Waals surface area contributed by atoms with Gasteiger partial charge < -0.3 is 0 Å². The van der Waals surface area contributed by atoms with Crippen molar-refractivity contribution in [3.8, 4) is 0 Å². The van der Waals surface area contributed by atoms with Crippen LogP contribution in [0, 0.1) is 0 Å². The summed E-state index contributed by atoms with van der Waals surface area (Å²) in [4.78, 5) is 52.5. The zero-order chi connectivity index (χ0) is 21.2. The van der Waals surface area contributed by atoms with Gasteiger partial charge in [-0.1, -0.05) is 26.7 Å². The lowest BCUT2D eigenvalue weighted by Crippen LogP contribution is -2.30. The first-order valence-electron chi connectivity index (χ1n) is 10.2. The Morgan fingerprint density at radius 3 is 1.07 bits per heavy atom. The molecule has 28 heavy (non-hydrogen) atoms. The zero-order valence-corrected chi connectivity index (χ0v) is 17.9. The first kappa shape index (κ1) is 21.9. The average Bonchev–Trinajstić information content (AvgIpc) is 2.69. The van der Waals surface area contributed by atoms with Gasteiger partial charge in [0, 0.05) is 44.6 Å². The lowest BCUT2D eigenvalue weighted by Gasteiger charge is -2.27. The van der Waals surface area contributed by atoms with Crippen molar-refractivity contribution >= 4 is 23.1 Å². The summed E-state index contributed by atoms with van der Waals surface area (Å²) >= 11 is 0. The van der Waals surface area contributed by atoms with Gasteiger partial charge >= 0.3 is 0 Å². The standard InChI is InChI=1S/C24H30O4/c1-7-9-11-17-19(23(27)15(5)13(3)21(17)25)20-18(12-10-8-2)22(26)14(4)16(6)24(20)28/h7-12H2,1-6H3. The van der Waals surface area contributed by atoms with Crippen LogP contribution in [0.4, 0.5) is 0 Å². The molecule has 0 N–H and O–H groups in total. The van der Waals surface area contributed by atoms with Crippen molar-refractivity contribution in [2.45, 2.75) is 80.1 Å². The summed E-state index contributed by atoms with van der Waals surface area (Å²) in [6, 6.07) is 0. The van der Waals surface area contributed by atoms with Crippen molar-refractivity contribution in [2.24, 2.45) is 0 Å². The molecule has 0 heterocycles. The highest BCUT2D eigenvalue weighted by atomic mass is 16.1. The van der Waals surface area contributed by atoms with Gasteiger partial charge in [-0.15, -0.1) is 0 Å². The summed E-state index contributed by atoms with van der Waals surface area (Å²) in [6.07, 6.45) is 4.11. The molecule has 0 aromatic rings. The molecular formula is C24H30O4. The van der Waals surface area contributed by atoms with E-state index in [0.717, 1.165) is 25.7 Å². The minimum atomic E-state index is -0.291. The van der Waals surface area contributed by atoms with E-state index in [9.17, 15) is 19.2 Å². The van der Waals surface area contributed by atoms with Crippen molar-refractivity contribution < 1.29 is 19.2 Å². The van der Waals surface area contributed by atoms with Crippen LogP contribution in [0.2, 0.25) is 0 Å². The Hall–Kier alpha value is -2.36. The number of Topliss-reactive ketones (excluding diaryl/α,β-unsaturated/α-hetero) is 4. The largest absolute Gasteiger partial charge is 0.289 e. The fraction of sp³-hybridized carbons (Fsp3) is 0.500. The third-order valence-corrected chi connectivity index (χ3v) is 5.90. The fourth-order valence-electron chi connectivity index (χ4n) is 3.72. The van der Waals surface area contributed by atoms with Crippen molar-refractivity contribution in [1.29, 1.82) is 0 Å². The molecule has 0 saturated carbocycles. The van der Waals surface area contributed by atoms with Gasteiger partial charge in [0.1, 0.15) is 0 Å². The third kappa shape index (κ3) is 3.65. The summed E-state index contributed by atoms with van der Waals surface area (Å²) in [7, 11) is 0. The molecule has 0 fully saturated rings. The number of hydrogen-bond donors (Lipinski definition) is 0. The van der Waals surface area contributed by atoms with Gasteiger partial charge in [-0.3, -0.25) is 19.2 Å². The first-order chi connectivity index (χ1) is 13.2. The van der Waals surface area contributed by atoms with Crippen LogP contribution in [0.3, 0.4) is 0 Å². The maximum absolute atomic E-state index is 13.2. The molecule has 0 unspecified atom stereocenters. The summed E-state index contributed by atoms with van der Waals surface area (Å²) < 4.78 is 0. The highest BCUT2D eigenvalue weighted by Gasteiger charge is 2.39. The number of unbranched alkanes of at least 4 members (excludes halogenated alkanes) is 2. The van der Waals surface area contributed by atoms with Crippen molar-refractivity contribution in [3.05, 3.63) is 44.6 Å². The molecule has 2 rings (SSSR count). The van der Waals surface area contributed by atoms with Crippen LogP contribution in [-0.2, 0) is 19.2 Å². The molecule has 0 aliphatic heterocycles. The summed E-state index contributed by atoms with van der Waals surface area (Å²) in [5.41, 5.74) is 2.76. The van der Waals surface area contributed by atoms with E-state index in [1.807, 2.05) is 13.8 Å². The van der Waals surface area contributed by atoms with Gasteiger partial charge in [0.15, 0.2) is 23.1 Å². The molecule has 0 spiro atoms. The molecule has 0 aromatic heterocycles. The second-order valence-electron chi connectivity index (χ2n) is 7.73. The van der Waals surface area contributed by atoms with Gasteiger partial charge in [-0.05, 0) is 53.4 Å². The molecule has 4 nitrogen and oxygen atoms in total. The Labute approximate surface area is 167 Å². The lowest BCUT2D eigenvalue weighted by atomic mass is 9.73. The second kappa shape index (κ2) is 8.76. The van der Waals surface area contributed by atoms with Crippen molar-refractivity contribution in [3.63, 3.8) is 0 Å². The van der Waals surface area contributed by atoms with E-state index in [2.05, 4.69) is 0 Å². The summed E-state index contributed by atoms with van der Waals surface area (Å²) in [5.74, 6) is -0.930. The zero-order valence-electron chi connectivity index (χ0n) is 17.9. The van der Waals surface area contributed by atoms with Gasteiger partial charge in [0.25, 0.3) is 0 Å². The summed E-state index contributed by atoms with van der Waals surface area (Å²) in [6.45, 7) is 10.6. The monoisotopic (exact) mass is 382 g/mol. The Balaban J connectivity index is 2.81. The van der Waals surface area contributed by atoms with Crippen LogP contribution < -0.4 is 0 Å². The van der Waals surface area contributed by atoms with E-state index in [0.29, 0.717) is 46.3 Å². The average molecular weight is 383 g/mol. The number of carbonyl (C=O) groups excluding carboxylic acids is 4. The molecule has 4 heteroatoms. The molecule has 2 aliphatic carbocycles. The molecule has 150 valence electrons. The maximum atomic E-state index is 13.2. The van der Waals surface area contributed by atoms with Gasteiger partial charge in [-0.25, -0.2) is 0 Å². The SMILES string of the molecule is CCCCC1=C(C2=C(CCCC)C(=O)C(C)=C(C)C2=O)C(=O)C(C)=C(C)C1=O. The summed E-state index contributed by atoms with van der Waals surface area (Å²) in [5, 5.41) is 0. The normalized spacial score (nSPS) is 18.9. The highest BCUT2D eigenvalue weighted by Crippen LogP contribution is 2.38. The molecule has 2 aliphatic rings. The molecule has 0 bridgehead atoms. The van der Waals surface area contributed by atoms with Gasteiger partial charge in [-0.2, -0.15) is 0 Å². The number of rotatable bonds is 7. The van der Waals surface area contributed by atoms with Crippen molar-refractivity contribution in [2.75, 3.05) is 0 Å². The van der Waals surface area contributed by atoms with E-state index < -0.39 is 0 Å². The maximum Gasteiger partial charge on any atom is 0.190 e. The third-order valence-electron chi connectivity index (χ3n) is 5.90. The minimum absolute atomic E-state index is 0.174. The van der Waals surface area contributed by atoms with Gasteiger partial charge in [0.05, 0.1) is 0 Å². The first-order valence-corrected chi connectivity index (χ1v) is 10.2. The van der Waals surface area contributed by atoms with Crippen LogP contribution in [0.25, 0.3) is 0 Å². The van der Waals surface area contributed by atoms with E-state index in [1.54, 1.807) is 27.7 Å². The van der Waals surface area contributed by atoms with Crippen LogP contribution in [0.1, 0.15) is 80.1 Å². The number of carbonyl (C=O) groups is 4. The molecule has 0 amide bonds. The van der Waals surface area contributed by atoms with Crippen LogP contribution in [0.5, 0.6) is 0 Å². The van der Waals surface area contributed by atoms with E-state index in [4.69, 9.17) is 0 Å². The number of hydrogen-bond acceptors (Lipinski definition) is 4. The Morgan fingerprint density at radius 2 is 0.786 bits per heavy atom. The van der Waals surface area contributed by atoms with Crippen molar-refractivity contribution in [1.82, 2.24) is 0 Å². The van der Waals surface area contributed by atoms with E-state index in [-0.39, 0.29) is 34.3 Å². The van der Waals surface area contributed by atoms with Gasteiger partial charge in [0.2, 0.25) is 0 Å². The van der Waals surface area contributed by atoms with Crippen LogP contribution in [-0.4, -0.2) is 23.1 Å². The number of ketones is 4. The fourth-order valence-corrected chi connectivity index (χ4v) is 3.72. The van der Waals surface area contributed by atoms with E-state index >= 15 is 0 Å². The predicted molar refractivity (Wildman–Crippen MR) is 110 cm³/mol. The van der Waals surface area contributed by atoms with E-state index in [1.165, 1.54) is 0 Å². The quantitative estimate of drug-likeness (QED) is 0.585. The Bertz CT molecular complexity index is 814. The molecular weight excluding hydrogens is 352 g/mol. The second-order valence-corrected chi connectivity index (χ2v) is 7.73. The van der Waals surface area contributed by atoms with Crippen LogP contribution >= 0.6 is 0 Å². The molecule has 0 radical (unpaired) electrons. The molecule has 0 atom stereocenters. The Morgan fingerprint density at radius 1 is 0.500 bits per heavy atom. The Kier molecular flexibility index (Phi) is 6.87. The number of allylic oxidation sites excluding steroid dienone is 8. The topological polar surface area (TPSA) is 68.3 Å². The smallest absolute Gasteiger partial charge is 0.190 e.